The standard InChI is InChI=1S/C22H25ClF3N3OS/c23-18-7-8-20(19(15-18)22(24,25)26)27-21(31)29(16-17-5-2-1-3-6-17)10-4-9-28-11-13-30-14-12-28/h1-3,5-8,15H,4,9-14,16H2,(H,27,31). The first-order chi connectivity index (χ1) is 14.8. The molecular weight excluding hydrogens is 447 g/mol. The average molecular weight is 472 g/mol. The molecule has 168 valence electrons. The van der Waals surface area contributed by atoms with Crippen LogP contribution in [0.4, 0.5) is 18.9 Å². The fraction of sp³-hybridized carbons (Fsp3) is 0.409. The molecule has 0 aromatic heterocycles. The predicted octanol–water partition coefficient (Wildman–Crippen LogP) is 5.28. The van der Waals surface area contributed by atoms with Gasteiger partial charge < -0.3 is 15.0 Å². The van der Waals surface area contributed by atoms with Gasteiger partial charge in [-0.2, -0.15) is 13.2 Å². The number of hydrogen-bond donors (Lipinski definition) is 1. The van der Waals surface area contributed by atoms with Crippen molar-refractivity contribution < 1.29 is 17.9 Å². The van der Waals surface area contributed by atoms with Crippen molar-refractivity contribution in [3.05, 3.63) is 64.7 Å². The molecule has 0 saturated carbocycles. The predicted molar refractivity (Wildman–Crippen MR) is 121 cm³/mol. The van der Waals surface area contributed by atoms with Crippen LogP contribution in [0, 0.1) is 0 Å². The van der Waals surface area contributed by atoms with E-state index in [-0.39, 0.29) is 15.8 Å². The Morgan fingerprint density at radius 3 is 2.52 bits per heavy atom. The number of ether oxygens (including phenoxy) is 1. The van der Waals surface area contributed by atoms with Gasteiger partial charge in [-0.15, -0.1) is 0 Å². The SMILES string of the molecule is FC(F)(F)c1cc(Cl)ccc1NC(=S)N(CCCN1CCOCC1)Cc1ccccc1. The Morgan fingerprint density at radius 1 is 1.13 bits per heavy atom. The minimum Gasteiger partial charge on any atom is -0.379 e. The lowest BCUT2D eigenvalue weighted by Crippen LogP contribution is -2.40. The van der Waals surface area contributed by atoms with Crippen LogP contribution in [0.1, 0.15) is 17.5 Å². The highest BCUT2D eigenvalue weighted by molar-refractivity contribution is 7.80. The zero-order valence-electron chi connectivity index (χ0n) is 17.0. The molecule has 1 saturated heterocycles. The van der Waals surface area contributed by atoms with Gasteiger partial charge in [0.1, 0.15) is 0 Å². The van der Waals surface area contributed by atoms with Crippen LogP contribution in [0.3, 0.4) is 0 Å². The second kappa shape index (κ2) is 11.1. The number of rotatable bonds is 7. The number of alkyl halides is 3. The van der Waals surface area contributed by atoms with E-state index >= 15 is 0 Å². The molecule has 3 rings (SSSR count). The lowest BCUT2D eigenvalue weighted by molar-refractivity contribution is -0.136. The van der Waals surface area contributed by atoms with E-state index in [1.165, 1.54) is 12.1 Å². The molecule has 9 heteroatoms. The van der Waals surface area contributed by atoms with Crippen LogP contribution >= 0.6 is 23.8 Å². The van der Waals surface area contributed by atoms with E-state index < -0.39 is 11.7 Å². The third kappa shape index (κ3) is 7.35. The van der Waals surface area contributed by atoms with Gasteiger partial charge in [0.2, 0.25) is 0 Å². The van der Waals surface area contributed by atoms with Crippen LogP contribution in [0.2, 0.25) is 5.02 Å². The van der Waals surface area contributed by atoms with Gasteiger partial charge in [-0.05, 0) is 42.4 Å². The summed E-state index contributed by atoms with van der Waals surface area (Å²) in [6, 6.07) is 13.4. The van der Waals surface area contributed by atoms with Crippen LogP contribution < -0.4 is 5.32 Å². The lowest BCUT2D eigenvalue weighted by atomic mass is 10.1. The summed E-state index contributed by atoms with van der Waals surface area (Å²) in [6.07, 6.45) is -3.70. The highest BCUT2D eigenvalue weighted by atomic mass is 35.5. The van der Waals surface area contributed by atoms with Crippen LogP contribution in [-0.2, 0) is 17.5 Å². The van der Waals surface area contributed by atoms with E-state index in [0.717, 1.165) is 50.9 Å². The molecule has 2 aromatic carbocycles. The van der Waals surface area contributed by atoms with Crippen molar-refractivity contribution in [3.63, 3.8) is 0 Å². The van der Waals surface area contributed by atoms with Gasteiger partial charge in [-0.1, -0.05) is 41.9 Å². The summed E-state index contributed by atoms with van der Waals surface area (Å²) < 4.78 is 45.8. The van der Waals surface area contributed by atoms with Crippen molar-refractivity contribution in [2.45, 2.75) is 19.1 Å². The minimum absolute atomic E-state index is 0.0236. The normalized spacial score (nSPS) is 15.0. The van der Waals surface area contributed by atoms with Gasteiger partial charge in [0.25, 0.3) is 0 Å². The van der Waals surface area contributed by atoms with E-state index in [0.29, 0.717) is 13.1 Å². The number of nitrogens with one attached hydrogen (secondary N) is 1. The molecule has 0 unspecified atom stereocenters. The zero-order chi connectivity index (χ0) is 22.3. The van der Waals surface area contributed by atoms with E-state index in [4.69, 9.17) is 28.6 Å². The molecule has 31 heavy (non-hydrogen) atoms. The number of halogens is 4. The fourth-order valence-corrected chi connectivity index (χ4v) is 3.86. The van der Waals surface area contributed by atoms with Gasteiger partial charge in [0, 0.05) is 37.7 Å². The van der Waals surface area contributed by atoms with Crippen LogP contribution in [-0.4, -0.2) is 54.3 Å². The Morgan fingerprint density at radius 2 is 1.84 bits per heavy atom. The van der Waals surface area contributed by atoms with Gasteiger partial charge in [-0.3, -0.25) is 4.90 Å². The summed E-state index contributed by atoms with van der Waals surface area (Å²) in [5.74, 6) is 0. The lowest BCUT2D eigenvalue weighted by Gasteiger charge is -2.30. The number of morpholine rings is 1. The maximum atomic E-state index is 13.5. The van der Waals surface area contributed by atoms with Crippen LogP contribution in [0.15, 0.2) is 48.5 Å². The largest absolute Gasteiger partial charge is 0.418 e. The molecule has 1 N–H and O–H groups in total. The molecule has 0 bridgehead atoms. The van der Waals surface area contributed by atoms with E-state index in [1.54, 1.807) is 0 Å². The van der Waals surface area contributed by atoms with Crippen molar-refractivity contribution in [1.29, 1.82) is 0 Å². The monoisotopic (exact) mass is 471 g/mol. The number of hydrogen-bond acceptors (Lipinski definition) is 3. The number of thiocarbonyl (C=S) groups is 1. The van der Waals surface area contributed by atoms with Crippen molar-refractivity contribution in [3.8, 4) is 0 Å². The molecule has 0 amide bonds. The second-order valence-corrected chi connectivity index (χ2v) is 8.16. The third-order valence-corrected chi connectivity index (χ3v) is 5.63. The maximum Gasteiger partial charge on any atom is 0.418 e. The molecule has 1 heterocycles. The molecule has 1 aliphatic rings. The van der Waals surface area contributed by atoms with Crippen LogP contribution in [0.25, 0.3) is 0 Å². The Kier molecular flexibility index (Phi) is 8.54. The average Bonchev–Trinajstić information content (AvgIpc) is 2.75. The molecule has 2 aromatic rings. The Balaban J connectivity index is 1.71. The summed E-state index contributed by atoms with van der Waals surface area (Å²) in [5, 5.41) is 3.07. The molecule has 1 aliphatic heterocycles. The molecule has 0 aliphatic carbocycles. The van der Waals surface area contributed by atoms with E-state index in [9.17, 15) is 13.2 Å². The van der Waals surface area contributed by atoms with Gasteiger partial charge >= 0.3 is 6.18 Å². The molecule has 4 nitrogen and oxygen atoms in total. The van der Waals surface area contributed by atoms with Crippen molar-refractivity contribution >= 4 is 34.6 Å². The summed E-state index contributed by atoms with van der Waals surface area (Å²) in [6.45, 7) is 5.24. The van der Waals surface area contributed by atoms with E-state index in [1.807, 2.05) is 35.2 Å². The molecule has 0 spiro atoms. The Bertz CT molecular complexity index is 861. The maximum absolute atomic E-state index is 13.5. The highest BCUT2D eigenvalue weighted by Gasteiger charge is 2.34. The molecule has 0 radical (unpaired) electrons. The first-order valence-corrected chi connectivity index (χ1v) is 10.9. The zero-order valence-corrected chi connectivity index (χ0v) is 18.6. The second-order valence-electron chi connectivity index (χ2n) is 7.33. The summed E-state index contributed by atoms with van der Waals surface area (Å²) in [4.78, 5) is 4.22. The quantitative estimate of drug-likeness (QED) is 0.554. The third-order valence-electron chi connectivity index (χ3n) is 5.04. The van der Waals surface area contributed by atoms with Gasteiger partial charge in [0.15, 0.2) is 5.11 Å². The molecule has 1 fully saturated rings. The number of anilines is 1. The Labute approximate surface area is 190 Å². The van der Waals surface area contributed by atoms with Crippen LogP contribution in [0.5, 0.6) is 0 Å². The first-order valence-electron chi connectivity index (χ1n) is 10.1. The topological polar surface area (TPSA) is 27.7 Å². The van der Waals surface area contributed by atoms with Gasteiger partial charge in [0.05, 0.1) is 24.5 Å². The summed E-state index contributed by atoms with van der Waals surface area (Å²) in [7, 11) is 0. The van der Waals surface area contributed by atoms with Crippen molar-refractivity contribution in [2.24, 2.45) is 0 Å². The minimum atomic E-state index is -4.54. The smallest absolute Gasteiger partial charge is 0.379 e. The molecular formula is C22H25ClF3N3OS. The number of nitrogens with zero attached hydrogens (tertiary/aromatic N) is 2. The first kappa shape index (κ1) is 23.8. The summed E-state index contributed by atoms with van der Waals surface area (Å²) in [5.41, 5.74) is 0.0913. The van der Waals surface area contributed by atoms with Crippen molar-refractivity contribution in [2.75, 3.05) is 44.7 Å². The van der Waals surface area contributed by atoms with Crippen molar-refractivity contribution in [1.82, 2.24) is 9.80 Å². The Hall–Kier alpha value is -1.87. The number of benzene rings is 2. The fourth-order valence-electron chi connectivity index (χ4n) is 3.42. The highest BCUT2D eigenvalue weighted by Crippen LogP contribution is 2.36. The summed E-state index contributed by atoms with van der Waals surface area (Å²) >= 11 is 11.3. The van der Waals surface area contributed by atoms with E-state index in [2.05, 4.69) is 10.2 Å². The molecule has 0 atom stereocenters. The van der Waals surface area contributed by atoms with Gasteiger partial charge in [-0.25, -0.2) is 0 Å².